The molecule has 3 aromatic rings. The Hall–Kier alpha value is -2.52. The lowest BCUT2D eigenvalue weighted by Gasteiger charge is -2.25. The lowest BCUT2D eigenvalue weighted by atomic mass is 10.1. The summed E-state index contributed by atoms with van der Waals surface area (Å²) in [6, 6.07) is 4.97. The van der Waals surface area contributed by atoms with Crippen LogP contribution in [-0.4, -0.2) is 39.9 Å². The maximum atomic E-state index is 14.1. The molecule has 1 aliphatic rings. The minimum Gasteiger partial charge on any atom is -0.381 e. The van der Waals surface area contributed by atoms with E-state index in [4.69, 9.17) is 4.74 Å². The number of ether oxygens (including phenoxy) is 1. The van der Waals surface area contributed by atoms with Gasteiger partial charge in [0.05, 0.1) is 22.8 Å². The van der Waals surface area contributed by atoms with E-state index in [0.717, 1.165) is 23.9 Å². The third-order valence-electron chi connectivity index (χ3n) is 5.23. The summed E-state index contributed by atoms with van der Waals surface area (Å²) in [5.74, 6) is -0.687. The first-order valence-electron chi connectivity index (χ1n) is 9.97. The smallest absolute Gasteiger partial charge is 0.255 e. The van der Waals surface area contributed by atoms with Crippen LogP contribution in [-0.2, 0) is 17.8 Å². The number of benzene rings is 1. The van der Waals surface area contributed by atoms with Crippen LogP contribution in [0.25, 0.3) is 11.0 Å². The van der Waals surface area contributed by atoms with E-state index < -0.39 is 0 Å². The Bertz CT molecular complexity index is 1060. The normalized spacial score (nSPS) is 14.8. The average molecular weight is 476 g/mol. The van der Waals surface area contributed by atoms with Crippen LogP contribution in [0.4, 0.5) is 10.1 Å². The number of nitrogens with one attached hydrogen (secondary N) is 2. The number of hydrogen-bond donors (Lipinski definition) is 2. The number of pyridine rings is 1. The van der Waals surface area contributed by atoms with Crippen molar-refractivity contribution >= 4 is 38.6 Å². The molecule has 4 rings (SSSR count). The van der Waals surface area contributed by atoms with Gasteiger partial charge in [-0.15, -0.1) is 0 Å². The molecule has 1 aromatic carbocycles. The molecule has 0 atom stereocenters. The summed E-state index contributed by atoms with van der Waals surface area (Å²) < 4.78 is 22.0. The number of halogens is 2. The van der Waals surface area contributed by atoms with Crippen molar-refractivity contribution in [1.82, 2.24) is 20.1 Å². The number of carbonyl (C=O) groups excluding carboxylic acids is 1. The summed E-state index contributed by atoms with van der Waals surface area (Å²) in [7, 11) is 0. The number of hydrogen-bond acceptors (Lipinski definition) is 5. The fourth-order valence-corrected chi connectivity index (χ4v) is 3.90. The van der Waals surface area contributed by atoms with Gasteiger partial charge >= 0.3 is 0 Å². The third kappa shape index (κ3) is 4.32. The molecule has 3 heterocycles. The van der Waals surface area contributed by atoms with Gasteiger partial charge in [0.25, 0.3) is 5.91 Å². The first-order chi connectivity index (χ1) is 14.6. The molecule has 0 bridgehead atoms. The van der Waals surface area contributed by atoms with E-state index in [9.17, 15) is 9.18 Å². The predicted molar refractivity (Wildman–Crippen MR) is 116 cm³/mol. The van der Waals surface area contributed by atoms with Crippen LogP contribution in [0, 0.1) is 5.82 Å². The second-order valence-electron chi connectivity index (χ2n) is 7.19. The molecule has 1 aliphatic heterocycles. The predicted octanol–water partition coefficient (Wildman–Crippen LogP) is 3.87. The molecule has 30 heavy (non-hydrogen) atoms. The molecule has 7 nitrogen and oxygen atoms in total. The van der Waals surface area contributed by atoms with Crippen molar-refractivity contribution in [3.05, 3.63) is 52.0 Å². The van der Waals surface area contributed by atoms with Gasteiger partial charge in [-0.25, -0.2) is 14.1 Å². The maximum Gasteiger partial charge on any atom is 0.255 e. The highest BCUT2D eigenvalue weighted by Crippen LogP contribution is 2.28. The minimum atomic E-state index is -0.372. The summed E-state index contributed by atoms with van der Waals surface area (Å²) in [4.78, 5) is 17.5. The zero-order chi connectivity index (χ0) is 21.1. The van der Waals surface area contributed by atoms with Gasteiger partial charge in [0.1, 0.15) is 5.82 Å². The molecule has 0 aliphatic carbocycles. The first kappa shape index (κ1) is 20.7. The average Bonchev–Trinajstić information content (AvgIpc) is 3.17. The number of rotatable bonds is 6. The summed E-state index contributed by atoms with van der Waals surface area (Å²) in [5.41, 5.74) is 2.27. The second-order valence-corrected chi connectivity index (χ2v) is 8.11. The quantitative estimate of drug-likeness (QED) is 0.565. The first-order valence-corrected chi connectivity index (χ1v) is 10.8. The van der Waals surface area contributed by atoms with Crippen LogP contribution in [0.1, 0.15) is 35.7 Å². The Balaban J connectivity index is 1.62. The topological polar surface area (TPSA) is 81.1 Å². The molecule has 1 fully saturated rings. The summed E-state index contributed by atoms with van der Waals surface area (Å²) in [6.07, 6.45) is 5.01. The molecular formula is C21H23BrFN5O2. The Kier molecular flexibility index (Phi) is 6.29. The zero-order valence-corrected chi connectivity index (χ0v) is 18.2. The minimum absolute atomic E-state index is 0.0842. The molecule has 9 heteroatoms. The van der Waals surface area contributed by atoms with Gasteiger partial charge in [0.2, 0.25) is 0 Å². The van der Waals surface area contributed by atoms with Crippen molar-refractivity contribution in [3.63, 3.8) is 0 Å². The Labute approximate surface area is 182 Å². The van der Waals surface area contributed by atoms with Crippen LogP contribution >= 0.6 is 15.9 Å². The van der Waals surface area contributed by atoms with E-state index in [0.29, 0.717) is 41.0 Å². The van der Waals surface area contributed by atoms with Gasteiger partial charge in [-0.1, -0.05) is 22.0 Å². The number of nitrogens with zero attached hydrogens (tertiary/aromatic N) is 3. The van der Waals surface area contributed by atoms with Gasteiger partial charge in [0, 0.05) is 48.6 Å². The standard InChI is InChI=1S/C21H23BrFN5O2/c1-2-28-20-16(12-26-28)19(27-15-5-7-30-8-6-15)17(11-24-20)21(29)25-10-13-3-4-14(22)9-18(13)23/h3-4,9,11-12,15H,2,5-8,10H2,1H3,(H,24,27)(H,25,29). The van der Waals surface area contributed by atoms with E-state index >= 15 is 0 Å². The molecule has 2 N–H and O–H groups in total. The highest BCUT2D eigenvalue weighted by atomic mass is 79.9. The molecule has 2 aromatic heterocycles. The Morgan fingerprint density at radius 1 is 1.33 bits per heavy atom. The van der Waals surface area contributed by atoms with Crippen LogP contribution < -0.4 is 10.6 Å². The van der Waals surface area contributed by atoms with Gasteiger partial charge < -0.3 is 15.4 Å². The van der Waals surface area contributed by atoms with E-state index in [2.05, 4.69) is 36.6 Å². The van der Waals surface area contributed by atoms with Crippen molar-refractivity contribution in [2.75, 3.05) is 18.5 Å². The van der Waals surface area contributed by atoms with Crippen molar-refractivity contribution in [2.45, 2.75) is 38.9 Å². The third-order valence-corrected chi connectivity index (χ3v) is 5.73. The number of carbonyl (C=O) groups is 1. The lowest BCUT2D eigenvalue weighted by Crippen LogP contribution is -2.30. The van der Waals surface area contributed by atoms with Crippen LogP contribution in [0.3, 0.4) is 0 Å². The lowest BCUT2D eigenvalue weighted by molar-refractivity contribution is 0.0904. The van der Waals surface area contributed by atoms with E-state index in [-0.39, 0.29) is 24.3 Å². The molecule has 0 radical (unpaired) electrons. The summed E-state index contributed by atoms with van der Waals surface area (Å²) in [5, 5.41) is 11.5. The molecule has 1 amide bonds. The van der Waals surface area contributed by atoms with E-state index in [1.807, 2.05) is 6.92 Å². The number of anilines is 1. The van der Waals surface area contributed by atoms with E-state index in [1.54, 1.807) is 29.2 Å². The van der Waals surface area contributed by atoms with Crippen molar-refractivity contribution < 1.29 is 13.9 Å². The van der Waals surface area contributed by atoms with Gasteiger partial charge in [-0.05, 0) is 31.9 Å². The maximum absolute atomic E-state index is 14.1. The molecule has 1 saturated heterocycles. The molecule has 0 saturated carbocycles. The Morgan fingerprint density at radius 2 is 2.13 bits per heavy atom. The number of fused-ring (bicyclic) bond motifs is 1. The second kappa shape index (κ2) is 9.09. The monoisotopic (exact) mass is 475 g/mol. The molecule has 0 spiro atoms. The van der Waals surface area contributed by atoms with Crippen LogP contribution in [0.2, 0.25) is 0 Å². The van der Waals surface area contributed by atoms with Crippen molar-refractivity contribution in [1.29, 1.82) is 0 Å². The zero-order valence-electron chi connectivity index (χ0n) is 16.6. The van der Waals surface area contributed by atoms with Crippen molar-refractivity contribution in [2.24, 2.45) is 0 Å². The molecular weight excluding hydrogens is 453 g/mol. The fourth-order valence-electron chi connectivity index (χ4n) is 3.57. The van der Waals surface area contributed by atoms with Gasteiger partial charge in [-0.2, -0.15) is 5.10 Å². The SMILES string of the molecule is CCn1ncc2c(NC3CCOCC3)c(C(=O)NCc3ccc(Br)cc3F)cnc21. The molecule has 0 unspecified atom stereocenters. The largest absolute Gasteiger partial charge is 0.381 e. The number of amides is 1. The van der Waals surface area contributed by atoms with Crippen LogP contribution in [0.15, 0.2) is 35.1 Å². The summed E-state index contributed by atoms with van der Waals surface area (Å²) in [6.45, 7) is 4.13. The van der Waals surface area contributed by atoms with Crippen molar-refractivity contribution in [3.8, 4) is 0 Å². The van der Waals surface area contributed by atoms with Gasteiger partial charge in [0.15, 0.2) is 5.65 Å². The highest BCUT2D eigenvalue weighted by Gasteiger charge is 2.22. The Morgan fingerprint density at radius 3 is 2.87 bits per heavy atom. The van der Waals surface area contributed by atoms with Crippen LogP contribution in [0.5, 0.6) is 0 Å². The molecule has 158 valence electrons. The van der Waals surface area contributed by atoms with Gasteiger partial charge in [-0.3, -0.25) is 4.79 Å². The fraction of sp³-hybridized carbons (Fsp3) is 0.381. The number of aryl methyl sites for hydroxylation is 1. The summed E-state index contributed by atoms with van der Waals surface area (Å²) >= 11 is 3.24. The number of aromatic nitrogens is 3. The highest BCUT2D eigenvalue weighted by molar-refractivity contribution is 9.10. The van der Waals surface area contributed by atoms with E-state index in [1.165, 1.54) is 6.07 Å².